The molecule has 0 saturated heterocycles. The molecular weight excluding hydrogens is 256 g/mol. The number of hydrogen-bond donors (Lipinski definition) is 1. The predicted molar refractivity (Wildman–Crippen MR) is 78.9 cm³/mol. The van der Waals surface area contributed by atoms with Crippen LogP contribution >= 0.6 is 11.8 Å². The predicted octanol–water partition coefficient (Wildman–Crippen LogP) is 4.29. The minimum atomic E-state index is -0.871. The molecule has 19 heavy (non-hydrogen) atoms. The molecule has 0 aliphatic heterocycles. The summed E-state index contributed by atoms with van der Waals surface area (Å²) < 4.78 is 0. The van der Waals surface area contributed by atoms with E-state index in [4.69, 9.17) is 5.11 Å². The van der Waals surface area contributed by atoms with E-state index in [1.807, 2.05) is 18.2 Å². The maximum atomic E-state index is 11.2. The molecule has 0 aliphatic carbocycles. The van der Waals surface area contributed by atoms with E-state index in [1.165, 1.54) is 16.7 Å². The van der Waals surface area contributed by atoms with E-state index < -0.39 is 5.97 Å². The van der Waals surface area contributed by atoms with E-state index in [2.05, 4.69) is 26.0 Å². The summed E-state index contributed by atoms with van der Waals surface area (Å²) in [6.07, 6.45) is 0. The lowest BCUT2D eigenvalue weighted by Crippen LogP contribution is -1.99. The van der Waals surface area contributed by atoms with Crippen molar-refractivity contribution in [2.45, 2.75) is 24.5 Å². The Balaban J connectivity index is 2.22. The lowest BCUT2D eigenvalue weighted by molar-refractivity contribution is 0.0693. The second-order valence-electron chi connectivity index (χ2n) is 4.46. The molecule has 0 aliphatic rings. The zero-order chi connectivity index (χ0) is 13.8. The molecular formula is C16H16O2S. The Bertz CT molecular complexity index is 585. The van der Waals surface area contributed by atoms with E-state index in [0.717, 1.165) is 10.6 Å². The van der Waals surface area contributed by atoms with Crippen LogP contribution in [0.25, 0.3) is 0 Å². The van der Waals surface area contributed by atoms with Crippen LogP contribution < -0.4 is 0 Å². The van der Waals surface area contributed by atoms with Crippen molar-refractivity contribution >= 4 is 17.7 Å². The van der Waals surface area contributed by atoms with Gasteiger partial charge in [0.2, 0.25) is 0 Å². The summed E-state index contributed by atoms with van der Waals surface area (Å²) in [5.74, 6) is -0.0763. The number of aromatic carboxylic acids is 1. The Morgan fingerprint density at radius 2 is 1.68 bits per heavy atom. The molecule has 2 aromatic carbocycles. The first-order chi connectivity index (χ1) is 9.09. The van der Waals surface area contributed by atoms with Crippen LogP contribution in [0.15, 0.2) is 47.4 Å². The first-order valence-corrected chi connectivity index (χ1v) is 7.08. The van der Waals surface area contributed by atoms with Crippen LogP contribution in [0.1, 0.15) is 27.0 Å². The van der Waals surface area contributed by atoms with Gasteiger partial charge in [-0.25, -0.2) is 4.79 Å². The molecule has 2 rings (SSSR count). The zero-order valence-corrected chi connectivity index (χ0v) is 11.8. The maximum absolute atomic E-state index is 11.2. The van der Waals surface area contributed by atoms with Crippen molar-refractivity contribution in [1.82, 2.24) is 0 Å². The maximum Gasteiger partial charge on any atom is 0.336 e. The van der Waals surface area contributed by atoms with Gasteiger partial charge in [-0.2, -0.15) is 0 Å². The van der Waals surface area contributed by atoms with Crippen molar-refractivity contribution in [3.63, 3.8) is 0 Å². The van der Waals surface area contributed by atoms with Gasteiger partial charge in [0.1, 0.15) is 0 Å². The highest BCUT2D eigenvalue weighted by Gasteiger charge is 2.10. The SMILES string of the molecule is Cc1cccc(C)c1CSc1ccccc1C(=O)O. The standard InChI is InChI=1S/C16H16O2S/c1-11-6-5-7-12(2)14(11)10-19-15-9-4-3-8-13(15)16(17)18/h3-9H,10H2,1-2H3,(H,17,18). The normalized spacial score (nSPS) is 10.4. The number of carboxylic acid groups (broad SMARTS) is 1. The number of thioether (sulfide) groups is 1. The molecule has 0 atom stereocenters. The molecule has 0 heterocycles. The Kier molecular flexibility index (Phi) is 4.27. The molecule has 1 N–H and O–H groups in total. The van der Waals surface area contributed by atoms with E-state index in [1.54, 1.807) is 23.9 Å². The molecule has 2 aromatic rings. The Labute approximate surface area is 117 Å². The van der Waals surface area contributed by atoms with Gasteiger partial charge in [-0.05, 0) is 42.7 Å². The average molecular weight is 272 g/mol. The third-order valence-corrected chi connectivity index (χ3v) is 4.23. The summed E-state index contributed by atoms with van der Waals surface area (Å²) in [6, 6.07) is 13.4. The molecule has 0 bridgehead atoms. The number of hydrogen-bond acceptors (Lipinski definition) is 2. The summed E-state index contributed by atoms with van der Waals surface area (Å²) in [4.78, 5) is 12.0. The molecule has 0 radical (unpaired) electrons. The van der Waals surface area contributed by atoms with Crippen molar-refractivity contribution in [2.75, 3.05) is 0 Å². The fourth-order valence-corrected chi connectivity index (χ4v) is 3.24. The van der Waals surface area contributed by atoms with Gasteiger partial charge in [0.15, 0.2) is 0 Å². The van der Waals surface area contributed by atoms with Crippen molar-refractivity contribution in [2.24, 2.45) is 0 Å². The molecule has 98 valence electrons. The second-order valence-corrected chi connectivity index (χ2v) is 5.48. The molecule has 0 unspecified atom stereocenters. The van der Waals surface area contributed by atoms with Gasteiger partial charge in [0.25, 0.3) is 0 Å². The second kappa shape index (κ2) is 5.93. The quantitative estimate of drug-likeness (QED) is 0.843. The highest BCUT2D eigenvalue weighted by Crippen LogP contribution is 2.28. The molecule has 0 spiro atoms. The average Bonchev–Trinajstić information content (AvgIpc) is 2.38. The summed E-state index contributed by atoms with van der Waals surface area (Å²) in [5, 5.41) is 9.16. The van der Waals surface area contributed by atoms with E-state index in [9.17, 15) is 4.79 Å². The fourth-order valence-electron chi connectivity index (χ4n) is 2.00. The molecule has 0 fully saturated rings. The zero-order valence-electron chi connectivity index (χ0n) is 11.0. The van der Waals surface area contributed by atoms with Crippen molar-refractivity contribution in [1.29, 1.82) is 0 Å². The van der Waals surface area contributed by atoms with Crippen LogP contribution in [-0.4, -0.2) is 11.1 Å². The molecule has 0 saturated carbocycles. The van der Waals surface area contributed by atoms with Crippen molar-refractivity contribution < 1.29 is 9.90 Å². The number of carbonyl (C=O) groups is 1. The summed E-state index contributed by atoms with van der Waals surface area (Å²) in [7, 11) is 0. The number of benzene rings is 2. The van der Waals surface area contributed by atoms with Gasteiger partial charge in [0, 0.05) is 10.6 Å². The van der Waals surface area contributed by atoms with Gasteiger partial charge in [0.05, 0.1) is 5.56 Å². The Hall–Kier alpha value is -1.74. The van der Waals surface area contributed by atoms with Gasteiger partial charge in [-0.3, -0.25) is 0 Å². The van der Waals surface area contributed by atoms with Gasteiger partial charge >= 0.3 is 5.97 Å². The molecule has 3 heteroatoms. The van der Waals surface area contributed by atoms with Crippen LogP contribution in [0, 0.1) is 13.8 Å². The van der Waals surface area contributed by atoms with E-state index >= 15 is 0 Å². The third kappa shape index (κ3) is 3.18. The smallest absolute Gasteiger partial charge is 0.336 e. The largest absolute Gasteiger partial charge is 0.478 e. The first-order valence-electron chi connectivity index (χ1n) is 6.10. The van der Waals surface area contributed by atoms with Crippen LogP contribution in [0.2, 0.25) is 0 Å². The van der Waals surface area contributed by atoms with Gasteiger partial charge in [-0.15, -0.1) is 11.8 Å². The summed E-state index contributed by atoms with van der Waals surface area (Å²) in [5.41, 5.74) is 4.16. The third-order valence-electron chi connectivity index (χ3n) is 3.13. The number of aryl methyl sites for hydroxylation is 2. The van der Waals surface area contributed by atoms with Gasteiger partial charge in [-0.1, -0.05) is 30.3 Å². The number of carboxylic acids is 1. The fraction of sp³-hybridized carbons (Fsp3) is 0.188. The summed E-state index contributed by atoms with van der Waals surface area (Å²) >= 11 is 1.58. The van der Waals surface area contributed by atoms with E-state index in [0.29, 0.717) is 5.56 Å². The van der Waals surface area contributed by atoms with Gasteiger partial charge < -0.3 is 5.11 Å². The summed E-state index contributed by atoms with van der Waals surface area (Å²) in [6.45, 7) is 4.18. The van der Waals surface area contributed by atoms with Crippen molar-refractivity contribution in [3.8, 4) is 0 Å². The van der Waals surface area contributed by atoms with Crippen LogP contribution in [0.3, 0.4) is 0 Å². The molecule has 0 amide bonds. The minimum Gasteiger partial charge on any atom is -0.478 e. The minimum absolute atomic E-state index is 0.374. The topological polar surface area (TPSA) is 37.3 Å². The Morgan fingerprint density at radius 1 is 1.05 bits per heavy atom. The van der Waals surface area contributed by atoms with Crippen LogP contribution in [0.5, 0.6) is 0 Å². The number of rotatable bonds is 4. The first kappa shape index (κ1) is 13.7. The highest BCUT2D eigenvalue weighted by atomic mass is 32.2. The molecule has 0 aromatic heterocycles. The van der Waals surface area contributed by atoms with Crippen molar-refractivity contribution in [3.05, 3.63) is 64.7 Å². The lowest BCUT2D eigenvalue weighted by atomic mass is 10.1. The highest BCUT2D eigenvalue weighted by molar-refractivity contribution is 7.98. The van der Waals surface area contributed by atoms with Crippen LogP contribution in [-0.2, 0) is 5.75 Å². The van der Waals surface area contributed by atoms with E-state index in [-0.39, 0.29) is 0 Å². The molecule has 2 nitrogen and oxygen atoms in total. The Morgan fingerprint density at radius 3 is 2.32 bits per heavy atom. The lowest BCUT2D eigenvalue weighted by Gasteiger charge is -2.10. The van der Waals surface area contributed by atoms with Crippen LogP contribution in [0.4, 0.5) is 0 Å². The monoisotopic (exact) mass is 272 g/mol.